The van der Waals surface area contributed by atoms with Gasteiger partial charge in [0.05, 0.1) is 12.0 Å². The van der Waals surface area contributed by atoms with E-state index in [1.165, 1.54) is 13.3 Å². The molecular weight excluding hydrogens is 424 g/mol. The Morgan fingerprint density at radius 2 is 1.76 bits per heavy atom. The van der Waals surface area contributed by atoms with E-state index in [9.17, 15) is 14.9 Å². The van der Waals surface area contributed by atoms with Gasteiger partial charge in [0.15, 0.2) is 5.78 Å². The highest BCUT2D eigenvalue weighted by Crippen LogP contribution is 2.34. The van der Waals surface area contributed by atoms with Gasteiger partial charge in [0.1, 0.15) is 12.1 Å². The number of ketones is 1. The second kappa shape index (κ2) is 9.51. The Labute approximate surface area is 191 Å². The molecule has 0 radical (unpaired) electrons. The molecule has 2 heterocycles. The summed E-state index contributed by atoms with van der Waals surface area (Å²) < 4.78 is 5.21. The van der Waals surface area contributed by atoms with Gasteiger partial charge >= 0.3 is 5.69 Å². The number of hydrogen-bond donors (Lipinski definition) is 1. The highest BCUT2D eigenvalue weighted by atomic mass is 16.6. The van der Waals surface area contributed by atoms with Crippen LogP contribution in [0.2, 0.25) is 0 Å². The number of benzene rings is 2. The van der Waals surface area contributed by atoms with Crippen LogP contribution in [0.1, 0.15) is 17.3 Å². The lowest BCUT2D eigenvalue weighted by Gasteiger charge is -2.36. The predicted octanol–water partition coefficient (Wildman–Crippen LogP) is 3.67. The maximum absolute atomic E-state index is 12.0. The van der Waals surface area contributed by atoms with Crippen LogP contribution in [-0.4, -0.2) is 54.0 Å². The van der Waals surface area contributed by atoms with Gasteiger partial charge in [-0.05, 0) is 43.3 Å². The average molecular weight is 448 g/mol. The number of ether oxygens (including phenoxy) is 1. The summed E-state index contributed by atoms with van der Waals surface area (Å²) in [5.41, 5.74) is 1.93. The van der Waals surface area contributed by atoms with Crippen molar-refractivity contribution in [2.24, 2.45) is 0 Å². The zero-order chi connectivity index (χ0) is 23.4. The number of carbonyl (C=O) groups is 1. The minimum atomic E-state index is -0.470. The van der Waals surface area contributed by atoms with Gasteiger partial charge < -0.3 is 19.9 Å². The number of methoxy groups -OCH3 is 1. The van der Waals surface area contributed by atoms with E-state index in [0.717, 1.165) is 11.4 Å². The number of carbonyl (C=O) groups excluding carboxylic acids is 1. The third kappa shape index (κ3) is 4.84. The van der Waals surface area contributed by atoms with Crippen LogP contribution in [0.4, 0.5) is 28.7 Å². The molecule has 170 valence electrons. The number of hydrogen-bond acceptors (Lipinski definition) is 9. The first kappa shape index (κ1) is 22.0. The summed E-state index contributed by atoms with van der Waals surface area (Å²) in [6.45, 7) is 4.00. The summed E-state index contributed by atoms with van der Waals surface area (Å²) in [5, 5.41) is 15.0. The Morgan fingerprint density at radius 3 is 2.39 bits per heavy atom. The molecule has 0 unspecified atom stereocenters. The minimum absolute atomic E-state index is 0.0864. The molecule has 0 aliphatic carbocycles. The Balaban J connectivity index is 1.54. The van der Waals surface area contributed by atoms with Crippen LogP contribution in [0.15, 0.2) is 54.9 Å². The van der Waals surface area contributed by atoms with Crippen LogP contribution in [-0.2, 0) is 0 Å². The molecule has 1 aromatic heterocycles. The molecule has 1 fully saturated rings. The van der Waals surface area contributed by atoms with Crippen molar-refractivity contribution in [3.05, 3.63) is 70.5 Å². The average Bonchev–Trinajstić information content (AvgIpc) is 2.84. The first-order valence-corrected chi connectivity index (χ1v) is 10.5. The fourth-order valence-corrected chi connectivity index (χ4v) is 3.78. The zero-order valence-corrected chi connectivity index (χ0v) is 18.4. The van der Waals surface area contributed by atoms with Gasteiger partial charge in [-0.15, -0.1) is 0 Å². The van der Waals surface area contributed by atoms with Crippen LogP contribution in [0, 0.1) is 10.1 Å². The molecule has 10 heteroatoms. The Kier molecular flexibility index (Phi) is 6.34. The molecule has 1 aliphatic rings. The normalized spacial score (nSPS) is 13.5. The third-order valence-corrected chi connectivity index (χ3v) is 5.53. The quantitative estimate of drug-likeness (QED) is 0.328. The summed E-state index contributed by atoms with van der Waals surface area (Å²) in [6, 6.07) is 14.6. The molecule has 33 heavy (non-hydrogen) atoms. The zero-order valence-electron chi connectivity index (χ0n) is 18.4. The van der Waals surface area contributed by atoms with E-state index in [0.29, 0.717) is 37.4 Å². The number of rotatable bonds is 7. The molecule has 1 saturated heterocycles. The lowest BCUT2D eigenvalue weighted by atomic mass is 10.1. The number of nitrogens with one attached hydrogen (secondary N) is 1. The molecule has 1 aliphatic heterocycles. The number of nitrogens with zero attached hydrogens (tertiary/aromatic N) is 5. The molecule has 4 rings (SSSR count). The Bertz CT molecular complexity index is 1160. The van der Waals surface area contributed by atoms with Crippen molar-refractivity contribution in [1.82, 2.24) is 9.97 Å². The van der Waals surface area contributed by atoms with Gasteiger partial charge in [0.2, 0.25) is 11.6 Å². The van der Waals surface area contributed by atoms with E-state index < -0.39 is 4.92 Å². The molecule has 0 saturated carbocycles. The molecule has 10 nitrogen and oxygen atoms in total. The molecule has 0 amide bonds. The standard InChI is InChI=1S/C23H24N6O4/c1-16(30)17-4-3-5-18(14-17)26-22-21(29(31)32)23(25-15-24-22)28-12-10-27(11-13-28)19-6-8-20(33-2)9-7-19/h3-9,14-15H,10-13H2,1-2H3,(H,24,25,26). The van der Waals surface area contributed by atoms with Crippen LogP contribution < -0.4 is 19.9 Å². The second-order valence-electron chi connectivity index (χ2n) is 7.59. The molecule has 1 N–H and O–H groups in total. The van der Waals surface area contributed by atoms with Crippen LogP contribution in [0.3, 0.4) is 0 Å². The monoisotopic (exact) mass is 448 g/mol. The number of aromatic nitrogens is 2. The minimum Gasteiger partial charge on any atom is -0.497 e. The Hall–Kier alpha value is -4.21. The maximum atomic E-state index is 12.0. The predicted molar refractivity (Wildman–Crippen MR) is 126 cm³/mol. The van der Waals surface area contributed by atoms with E-state index in [1.54, 1.807) is 31.4 Å². The SMILES string of the molecule is COc1ccc(N2CCN(c3ncnc(Nc4cccc(C(C)=O)c4)c3[N+](=O)[O-])CC2)cc1. The van der Waals surface area contributed by atoms with Crippen molar-refractivity contribution in [1.29, 1.82) is 0 Å². The van der Waals surface area contributed by atoms with E-state index in [-0.39, 0.29) is 23.1 Å². The summed E-state index contributed by atoms with van der Waals surface area (Å²) in [4.78, 5) is 35.6. The first-order valence-electron chi connectivity index (χ1n) is 10.5. The van der Waals surface area contributed by atoms with Crippen molar-refractivity contribution in [2.75, 3.05) is 48.4 Å². The summed E-state index contributed by atoms with van der Waals surface area (Å²) >= 11 is 0. The number of Topliss-reactive ketones (excluding diaryl/α,β-unsaturated/α-hetero) is 1. The maximum Gasteiger partial charge on any atom is 0.353 e. The van der Waals surface area contributed by atoms with Crippen molar-refractivity contribution < 1.29 is 14.5 Å². The molecule has 2 aromatic carbocycles. The molecule has 0 bridgehead atoms. The highest BCUT2D eigenvalue weighted by Gasteiger charge is 2.29. The molecule has 3 aromatic rings. The van der Waals surface area contributed by atoms with E-state index in [1.807, 2.05) is 29.2 Å². The van der Waals surface area contributed by atoms with Crippen molar-refractivity contribution >= 4 is 34.5 Å². The largest absolute Gasteiger partial charge is 0.497 e. The molecular formula is C23H24N6O4. The van der Waals surface area contributed by atoms with E-state index in [4.69, 9.17) is 4.74 Å². The first-order chi connectivity index (χ1) is 16.0. The highest BCUT2D eigenvalue weighted by molar-refractivity contribution is 5.95. The van der Waals surface area contributed by atoms with E-state index >= 15 is 0 Å². The van der Waals surface area contributed by atoms with Gasteiger partial charge in [-0.3, -0.25) is 14.9 Å². The molecule has 0 spiro atoms. The lowest BCUT2D eigenvalue weighted by Crippen LogP contribution is -2.47. The summed E-state index contributed by atoms with van der Waals surface area (Å²) in [5.74, 6) is 1.06. The van der Waals surface area contributed by atoms with Crippen molar-refractivity contribution in [3.63, 3.8) is 0 Å². The van der Waals surface area contributed by atoms with Crippen LogP contribution in [0.25, 0.3) is 0 Å². The Morgan fingerprint density at radius 1 is 1.06 bits per heavy atom. The van der Waals surface area contributed by atoms with Gasteiger partial charge in [0, 0.05) is 43.1 Å². The van der Waals surface area contributed by atoms with Gasteiger partial charge in [-0.2, -0.15) is 0 Å². The fraction of sp³-hybridized carbons (Fsp3) is 0.261. The number of nitro groups is 1. The van der Waals surface area contributed by atoms with Crippen LogP contribution >= 0.6 is 0 Å². The smallest absolute Gasteiger partial charge is 0.353 e. The van der Waals surface area contributed by atoms with E-state index in [2.05, 4.69) is 20.2 Å². The van der Waals surface area contributed by atoms with Crippen LogP contribution in [0.5, 0.6) is 5.75 Å². The number of anilines is 4. The third-order valence-electron chi connectivity index (χ3n) is 5.53. The van der Waals surface area contributed by atoms with Crippen molar-refractivity contribution in [2.45, 2.75) is 6.92 Å². The van der Waals surface area contributed by atoms with Gasteiger partial charge in [-0.1, -0.05) is 12.1 Å². The topological polar surface area (TPSA) is 114 Å². The fourth-order valence-electron chi connectivity index (χ4n) is 3.78. The summed E-state index contributed by atoms with van der Waals surface area (Å²) in [7, 11) is 1.63. The number of piperazine rings is 1. The van der Waals surface area contributed by atoms with Gasteiger partial charge in [0.25, 0.3) is 0 Å². The molecule has 0 atom stereocenters. The second-order valence-corrected chi connectivity index (χ2v) is 7.59. The summed E-state index contributed by atoms with van der Waals surface area (Å²) in [6.07, 6.45) is 1.31. The lowest BCUT2D eigenvalue weighted by molar-refractivity contribution is -0.383. The van der Waals surface area contributed by atoms with Gasteiger partial charge in [-0.25, -0.2) is 9.97 Å². The van der Waals surface area contributed by atoms with Crippen molar-refractivity contribution in [3.8, 4) is 5.75 Å².